The van der Waals surface area contributed by atoms with Crippen molar-refractivity contribution in [2.24, 2.45) is 0 Å². The van der Waals surface area contributed by atoms with E-state index in [0.29, 0.717) is 0 Å². The highest BCUT2D eigenvalue weighted by Crippen LogP contribution is 2.01. The van der Waals surface area contributed by atoms with Crippen LogP contribution < -0.4 is 0 Å². The van der Waals surface area contributed by atoms with Crippen LogP contribution in [0, 0.1) is 0 Å². The molecule has 0 aromatic carbocycles. The molecule has 0 aromatic rings. The first kappa shape index (κ1) is 20.5. The number of hydrogen-bond donors (Lipinski definition) is 0. The van der Waals surface area contributed by atoms with Gasteiger partial charge in [-0.3, -0.25) is 0 Å². The van der Waals surface area contributed by atoms with Crippen LogP contribution in [0.3, 0.4) is 0 Å². The molecule has 0 fully saturated rings. The zero-order valence-electron chi connectivity index (χ0n) is 13.5. The van der Waals surface area contributed by atoms with Crippen LogP contribution >= 0.6 is 0 Å². The lowest BCUT2D eigenvalue weighted by Crippen LogP contribution is -2.27. The zero-order valence-corrected chi connectivity index (χ0v) is 13.5. The van der Waals surface area contributed by atoms with Gasteiger partial charge in [0.25, 0.3) is 0 Å². The first-order chi connectivity index (χ1) is 9.15. The van der Waals surface area contributed by atoms with Gasteiger partial charge in [0.1, 0.15) is 0 Å². The van der Waals surface area contributed by atoms with Crippen LogP contribution in [0.1, 0.15) is 59.3 Å². The maximum atomic E-state index is 9.74. The molecule has 4 nitrogen and oxygen atoms in total. The van der Waals surface area contributed by atoms with Gasteiger partial charge in [0.15, 0.2) is 0 Å². The zero-order chi connectivity index (χ0) is 14.9. The normalized spacial score (nSPS) is 9.79. The third-order valence-corrected chi connectivity index (χ3v) is 2.82. The summed E-state index contributed by atoms with van der Waals surface area (Å²) in [6, 6.07) is 0. The Hall–Kier alpha value is -0.770. The summed E-state index contributed by atoms with van der Waals surface area (Å²) in [4.78, 5) is 12.4. The van der Waals surface area contributed by atoms with E-state index < -0.39 is 6.16 Å². The third-order valence-electron chi connectivity index (χ3n) is 2.82. The first-order valence-electron chi connectivity index (χ1n) is 7.50. The standard InChI is InChI=1S/C12H27N.C3H6O3/c1-4-7-10-13(11-8-5-2)12-9-6-3;1-5-3(4)6-2/h4-12H2,1-3H3;1-2H3. The van der Waals surface area contributed by atoms with Crippen molar-refractivity contribution < 1.29 is 14.3 Å². The van der Waals surface area contributed by atoms with Crippen LogP contribution in [-0.4, -0.2) is 44.9 Å². The van der Waals surface area contributed by atoms with Gasteiger partial charge in [0.2, 0.25) is 0 Å². The molecular weight excluding hydrogens is 242 g/mol. The third kappa shape index (κ3) is 17.2. The Morgan fingerprint density at radius 2 is 1.11 bits per heavy atom. The van der Waals surface area contributed by atoms with E-state index >= 15 is 0 Å². The Balaban J connectivity index is 0. The van der Waals surface area contributed by atoms with Crippen LogP contribution in [0.15, 0.2) is 0 Å². The van der Waals surface area contributed by atoms with Crippen molar-refractivity contribution in [1.82, 2.24) is 4.90 Å². The fraction of sp³-hybridized carbons (Fsp3) is 0.933. The molecule has 0 aliphatic heterocycles. The molecule has 0 radical (unpaired) electrons. The highest BCUT2D eigenvalue weighted by Gasteiger charge is 2.01. The van der Waals surface area contributed by atoms with Crippen LogP contribution in [-0.2, 0) is 9.47 Å². The van der Waals surface area contributed by atoms with Gasteiger partial charge in [0.05, 0.1) is 14.2 Å². The number of carbonyl (C=O) groups is 1. The average Bonchev–Trinajstić information content (AvgIpc) is 2.46. The van der Waals surface area contributed by atoms with Crippen molar-refractivity contribution in [3.63, 3.8) is 0 Å². The van der Waals surface area contributed by atoms with Gasteiger partial charge in [-0.1, -0.05) is 40.0 Å². The molecule has 4 heteroatoms. The van der Waals surface area contributed by atoms with Crippen molar-refractivity contribution in [3.05, 3.63) is 0 Å². The maximum Gasteiger partial charge on any atom is 0.507 e. The van der Waals surface area contributed by atoms with E-state index in [2.05, 4.69) is 35.1 Å². The van der Waals surface area contributed by atoms with E-state index in [1.807, 2.05) is 0 Å². The van der Waals surface area contributed by atoms with Crippen molar-refractivity contribution in [2.45, 2.75) is 59.3 Å². The van der Waals surface area contributed by atoms with Crippen molar-refractivity contribution in [3.8, 4) is 0 Å². The van der Waals surface area contributed by atoms with E-state index in [0.717, 1.165) is 0 Å². The molecule has 0 heterocycles. The van der Waals surface area contributed by atoms with Crippen LogP contribution in [0.2, 0.25) is 0 Å². The van der Waals surface area contributed by atoms with Crippen molar-refractivity contribution in [2.75, 3.05) is 33.9 Å². The van der Waals surface area contributed by atoms with Gasteiger partial charge in [-0.2, -0.15) is 0 Å². The molecule has 0 spiro atoms. The molecule has 0 aliphatic rings. The Morgan fingerprint density at radius 3 is 1.26 bits per heavy atom. The molecule has 0 rings (SSSR count). The van der Waals surface area contributed by atoms with Crippen LogP contribution in [0.25, 0.3) is 0 Å². The van der Waals surface area contributed by atoms with Gasteiger partial charge in [-0.25, -0.2) is 4.79 Å². The monoisotopic (exact) mass is 275 g/mol. The summed E-state index contributed by atoms with van der Waals surface area (Å²) < 4.78 is 8.08. The Bertz CT molecular complexity index is 161. The van der Waals surface area contributed by atoms with Crippen molar-refractivity contribution >= 4 is 6.16 Å². The van der Waals surface area contributed by atoms with Gasteiger partial charge < -0.3 is 14.4 Å². The summed E-state index contributed by atoms with van der Waals surface area (Å²) in [5.41, 5.74) is 0. The second-order valence-corrected chi connectivity index (χ2v) is 4.56. The van der Waals surface area contributed by atoms with Gasteiger partial charge in [-0.15, -0.1) is 0 Å². The highest BCUT2D eigenvalue weighted by molar-refractivity contribution is 5.59. The second-order valence-electron chi connectivity index (χ2n) is 4.56. The summed E-state index contributed by atoms with van der Waals surface area (Å²) in [6.07, 6.45) is 7.43. The van der Waals surface area contributed by atoms with Gasteiger partial charge in [-0.05, 0) is 38.9 Å². The predicted octanol–water partition coefficient (Wildman–Crippen LogP) is 4.09. The predicted molar refractivity (Wildman–Crippen MR) is 80.6 cm³/mol. The molecule has 116 valence electrons. The van der Waals surface area contributed by atoms with E-state index in [1.54, 1.807) is 0 Å². The van der Waals surface area contributed by atoms with Crippen LogP contribution in [0.5, 0.6) is 0 Å². The molecule has 0 saturated carbocycles. The molecule has 19 heavy (non-hydrogen) atoms. The van der Waals surface area contributed by atoms with E-state index in [9.17, 15) is 4.79 Å². The highest BCUT2D eigenvalue weighted by atomic mass is 16.7. The molecule has 0 bridgehead atoms. The largest absolute Gasteiger partial charge is 0.507 e. The Kier molecular flexibility index (Phi) is 18.6. The summed E-state index contributed by atoms with van der Waals surface area (Å²) in [5.74, 6) is 0. The number of unbranched alkanes of at least 4 members (excludes halogenated alkanes) is 3. The lowest BCUT2D eigenvalue weighted by molar-refractivity contribution is 0.0924. The fourth-order valence-electron chi connectivity index (χ4n) is 1.56. The lowest BCUT2D eigenvalue weighted by Gasteiger charge is -2.21. The minimum absolute atomic E-state index is 0.657. The molecule has 0 amide bonds. The quantitative estimate of drug-likeness (QED) is 0.594. The fourth-order valence-corrected chi connectivity index (χ4v) is 1.56. The summed E-state index contributed by atoms with van der Waals surface area (Å²) in [7, 11) is 2.51. The number of rotatable bonds is 9. The first-order valence-corrected chi connectivity index (χ1v) is 7.50. The van der Waals surface area contributed by atoms with E-state index in [-0.39, 0.29) is 0 Å². The molecule has 0 unspecified atom stereocenters. The number of ether oxygens (including phenoxy) is 2. The SMILES string of the molecule is CCCCN(CCCC)CCCC.COC(=O)OC. The molecule has 0 aromatic heterocycles. The van der Waals surface area contributed by atoms with E-state index in [1.165, 1.54) is 72.4 Å². The Labute approximate surface area is 119 Å². The smallest absolute Gasteiger partial charge is 0.438 e. The maximum absolute atomic E-state index is 9.74. The summed E-state index contributed by atoms with van der Waals surface area (Å²) in [6.45, 7) is 10.8. The lowest BCUT2D eigenvalue weighted by atomic mass is 10.2. The summed E-state index contributed by atoms with van der Waals surface area (Å²) in [5, 5.41) is 0. The summed E-state index contributed by atoms with van der Waals surface area (Å²) >= 11 is 0. The van der Waals surface area contributed by atoms with Crippen LogP contribution in [0.4, 0.5) is 4.79 Å². The number of hydrogen-bond acceptors (Lipinski definition) is 4. The molecule has 0 atom stereocenters. The Morgan fingerprint density at radius 1 is 0.789 bits per heavy atom. The van der Waals surface area contributed by atoms with Crippen molar-refractivity contribution in [1.29, 1.82) is 0 Å². The molecular formula is C15H33NO3. The number of methoxy groups -OCH3 is 2. The topological polar surface area (TPSA) is 38.8 Å². The minimum atomic E-state index is -0.657. The average molecular weight is 275 g/mol. The minimum Gasteiger partial charge on any atom is -0.438 e. The molecule has 0 saturated heterocycles. The van der Waals surface area contributed by atoms with Gasteiger partial charge >= 0.3 is 6.16 Å². The van der Waals surface area contributed by atoms with E-state index in [4.69, 9.17) is 0 Å². The molecule has 0 aliphatic carbocycles. The molecule has 0 N–H and O–H groups in total. The number of nitrogens with zero attached hydrogens (tertiary/aromatic N) is 1. The number of carbonyl (C=O) groups excluding carboxylic acids is 1. The second kappa shape index (κ2) is 17.2. The van der Waals surface area contributed by atoms with Gasteiger partial charge in [0, 0.05) is 0 Å².